The number of nitrogens with one attached hydrogen (secondary N) is 1. The van der Waals surface area contributed by atoms with Gasteiger partial charge in [0.2, 0.25) is 0 Å². The third-order valence-corrected chi connectivity index (χ3v) is 2.68. The van der Waals surface area contributed by atoms with E-state index in [0.29, 0.717) is 11.6 Å². The summed E-state index contributed by atoms with van der Waals surface area (Å²) < 4.78 is 37.0. The highest BCUT2D eigenvalue weighted by molar-refractivity contribution is 5.29. The maximum Gasteiger partial charge on any atom is 0.416 e. The van der Waals surface area contributed by atoms with Crippen LogP contribution in [0.15, 0.2) is 24.3 Å². The SMILES string of the molecule is N#CC(NC1CC1)c1ccc(C(F)(F)F)cc1. The molecule has 0 spiro atoms. The quantitative estimate of drug-likeness (QED) is 0.881. The molecule has 0 aromatic heterocycles. The number of nitrogens with zero attached hydrogens (tertiary/aromatic N) is 1. The minimum absolute atomic E-state index is 0.335. The highest BCUT2D eigenvalue weighted by Crippen LogP contribution is 2.30. The van der Waals surface area contributed by atoms with Gasteiger partial charge in [0.1, 0.15) is 6.04 Å². The lowest BCUT2D eigenvalue weighted by molar-refractivity contribution is -0.137. The van der Waals surface area contributed by atoms with E-state index in [2.05, 4.69) is 11.4 Å². The lowest BCUT2D eigenvalue weighted by Gasteiger charge is -2.12. The number of alkyl halides is 3. The molecular formula is C12H11F3N2. The van der Waals surface area contributed by atoms with Gasteiger partial charge in [-0.1, -0.05) is 12.1 Å². The van der Waals surface area contributed by atoms with Crippen molar-refractivity contribution in [2.45, 2.75) is 31.1 Å². The molecule has 1 aromatic carbocycles. The first-order valence-corrected chi connectivity index (χ1v) is 5.33. The summed E-state index contributed by atoms with van der Waals surface area (Å²) in [5, 5.41) is 12.0. The average Bonchev–Trinajstić information content (AvgIpc) is 3.09. The number of rotatable bonds is 3. The second kappa shape index (κ2) is 4.38. The first-order chi connectivity index (χ1) is 8.00. The number of nitriles is 1. The Labute approximate surface area is 97.1 Å². The average molecular weight is 240 g/mol. The fourth-order valence-corrected chi connectivity index (χ4v) is 1.56. The molecule has 1 N–H and O–H groups in total. The molecule has 0 saturated heterocycles. The molecule has 1 aromatic rings. The molecule has 0 aliphatic heterocycles. The van der Waals surface area contributed by atoms with Gasteiger partial charge in [-0.25, -0.2) is 0 Å². The molecule has 2 nitrogen and oxygen atoms in total. The number of hydrogen-bond acceptors (Lipinski definition) is 2. The van der Waals surface area contributed by atoms with Crippen molar-refractivity contribution in [1.82, 2.24) is 5.32 Å². The molecule has 0 bridgehead atoms. The molecule has 1 aliphatic carbocycles. The maximum atomic E-state index is 12.3. The fourth-order valence-electron chi connectivity index (χ4n) is 1.56. The Kier molecular flexibility index (Phi) is 3.07. The van der Waals surface area contributed by atoms with Gasteiger partial charge >= 0.3 is 6.18 Å². The molecule has 17 heavy (non-hydrogen) atoms. The summed E-state index contributed by atoms with van der Waals surface area (Å²) in [4.78, 5) is 0. The summed E-state index contributed by atoms with van der Waals surface area (Å²) in [7, 11) is 0. The van der Waals surface area contributed by atoms with Crippen molar-refractivity contribution in [2.24, 2.45) is 0 Å². The first kappa shape index (κ1) is 11.9. The monoisotopic (exact) mass is 240 g/mol. The summed E-state index contributed by atoms with van der Waals surface area (Å²) in [6.07, 6.45) is -2.28. The molecule has 90 valence electrons. The van der Waals surface area contributed by atoms with Gasteiger partial charge in [0.05, 0.1) is 11.6 Å². The zero-order chi connectivity index (χ0) is 12.5. The van der Waals surface area contributed by atoms with Crippen LogP contribution in [0.5, 0.6) is 0 Å². The van der Waals surface area contributed by atoms with Crippen LogP contribution >= 0.6 is 0 Å². The fraction of sp³-hybridized carbons (Fsp3) is 0.417. The summed E-state index contributed by atoms with van der Waals surface area (Å²) in [6.45, 7) is 0. The van der Waals surface area contributed by atoms with E-state index in [0.717, 1.165) is 25.0 Å². The van der Waals surface area contributed by atoms with Crippen molar-refractivity contribution in [3.05, 3.63) is 35.4 Å². The largest absolute Gasteiger partial charge is 0.416 e. The van der Waals surface area contributed by atoms with Crippen LogP contribution < -0.4 is 5.32 Å². The molecule has 1 atom stereocenters. The maximum absolute atomic E-state index is 12.3. The molecule has 0 radical (unpaired) electrons. The van der Waals surface area contributed by atoms with E-state index in [1.54, 1.807) is 0 Å². The summed E-state index contributed by atoms with van der Waals surface area (Å²) >= 11 is 0. The van der Waals surface area contributed by atoms with Crippen LogP contribution in [0.3, 0.4) is 0 Å². The van der Waals surface area contributed by atoms with Crippen LogP contribution in [0.25, 0.3) is 0 Å². The van der Waals surface area contributed by atoms with E-state index in [-0.39, 0.29) is 0 Å². The van der Waals surface area contributed by atoms with E-state index in [4.69, 9.17) is 5.26 Å². The van der Waals surface area contributed by atoms with E-state index < -0.39 is 17.8 Å². The third kappa shape index (κ3) is 2.98. The van der Waals surface area contributed by atoms with Gasteiger partial charge in [-0.05, 0) is 30.5 Å². The van der Waals surface area contributed by atoms with E-state index in [1.807, 2.05) is 0 Å². The van der Waals surface area contributed by atoms with Crippen LogP contribution in [-0.4, -0.2) is 6.04 Å². The second-order valence-electron chi connectivity index (χ2n) is 4.12. The van der Waals surface area contributed by atoms with Crippen molar-refractivity contribution in [3.63, 3.8) is 0 Å². The van der Waals surface area contributed by atoms with E-state index in [9.17, 15) is 13.2 Å². The van der Waals surface area contributed by atoms with Crippen molar-refractivity contribution in [1.29, 1.82) is 5.26 Å². The van der Waals surface area contributed by atoms with E-state index in [1.165, 1.54) is 12.1 Å². The Balaban J connectivity index is 2.13. The molecule has 1 aliphatic rings. The van der Waals surface area contributed by atoms with Crippen LogP contribution in [0.4, 0.5) is 13.2 Å². The number of benzene rings is 1. The summed E-state index contributed by atoms with van der Waals surface area (Å²) in [5.41, 5.74) is -0.114. The summed E-state index contributed by atoms with van der Waals surface area (Å²) in [6, 6.07) is 6.59. The van der Waals surface area contributed by atoms with Crippen LogP contribution in [0.2, 0.25) is 0 Å². The minimum Gasteiger partial charge on any atom is -0.295 e. The minimum atomic E-state index is -4.33. The normalized spacial score (nSPS) is 17.5. The van der Waals surface area contributed by atoms with Crippen LogP contribution in [-0.2, 0) is 6.18 Å². The highest BCUT2D eigenvalue weighted by atomic mass is 19.4. The summed E-state index contributed by atoms with van der Waals surface area (Å²) in [5.74, 6) is 0. The first-order valence-electron chi connectivity index (χ1n) is 5.33. The van der Waals surface area contributed by atoms with Gasteiger partial charge in [-0.2, -0.15) is 18.4 Å². The molecular weight excluding hydrogens is 229 g/mol. The smallest absolute Gasteiger partial charge is 0.295 e. The number of hydrogen-bond donors (Lipinski definition) is 1. The van der Waals surface area contributed by atoms with Gasteiger partial charge in [0.15, 0.2) is 0 Å². The Morgan fingerprint density at radius 3 is 2.24 bits per heavy atom. The van der Waals surface area contributed by atoms with Crippen LogP contribution in [0, 0.1) is 11.3 Å². The van der Waals surface area contributed by atoms with Crippen molar-refractivity contribution in [2.75, 3.05) is 0 Å². The Bertz CT molecular complexity index is 427. The standard InChI is InChI=1S/C12H11F3N2/c13-12(14,15)9-3-1-8(2-4-9)11(7-16)17-10-5-6-10/h1-4,10-11,17H,5-6H2. The molecule has 1 saturated carbocycles. The highest BCUT2D eigenvalue weighted by Gasteiger charge is 2.30. The van der Waals surface area contributed by atoms with Crippen molar-refractivity contribution in [3.8, 4) is 6.07 Å². The van der Waals surface area contributed by atoms with Gasteiger partial charge in [0.25, 0.3) is 0 Å². The predicted octanol–water partition coefficient (Wildman–Crippen LogP) is 3.02. The Morgan fingerprint density at radius 1 is 1.24 bits per heavy atom. The topological polar surface area (TPSA) is 35.8 Å². The van der Waals surface area contributed by atoms with Gasteiger partial charge in [0, 0.05) is 6.04 Å². The van der Waals surface area contributed by atoms with Gasteiger partial charge in [-0.15, -0.1) is 0 Å². The van der Waals surface area contributed by atoms with Crippen molar-refractivity contribution >= 4 is 0 Å². The zero-order valence-corrected chi connectivity index (χ0v) is 8.96. The van der Waals surface area contributed by atoms with Gasteiger partial charge < -0.3 is 0 Å². The predicted molar refractivity (Wildman–Crippen MR) is 56.0 cm³/mol. The lowest BCUT2D eigenvalue weighted by Crippen LogP contribution is -2.22. The molecule has 0 amide bonds. The molecule has 2 rings (SSSR count). The third-order valence-electron chi connectivity index (χ3n) is 2.68. The Hall–Kier alpha value is -1.54. The van der Waals surface area contributed by atoms with Crippen LogP contribution in [0.1, 0.15) is 30.0 Å². The van der Waals surface area contributed by atoms with Gasteiger partial charge in [-0.3, -0.25) is 5.32 Å². The zero-order valence-electron chi connectivity index (χ0n) is 8.96. The Morgan fingerprint density at radius 2 is 1.82 bits per heavy atom. The molecule has 5 heteroatoms. The second-order valence-corrected chi connectivity index (χ2v) is 4.12. The van der Waals surface area contributed by atoms with Crippen molar-refractivity contribution < 1.29 is 13.2 Å². The lowest BCUT2D eigenvalue weighted by atomic mass is 10.1. The molecule has 0 heterocycles. The molecule has 1 unspecified atom stereocenters. The number of halogens is 3. The van der Waals surface area contributed by atoms with E-state index >= 15 is 0 Å². The molecule has 1 fully saturated rings.